The van der Waals surface area contributed by atoms with Crippen LogP contribution >= 0.6 is 0 Å². The van der Waals surface area contributed by atoms with Crippen LogP contribution in [0.5, 0.6) is 0 Å². The maximum Gasteiger partial charge on any atom is 0.0701 e. The quantitative estimate of drug-likeness (QED) is 0.329. The van der Waals surface area contributed by atoms with Gasteiger partial charge in [0, 0.05) is 6.61 Å². The first kappa shape index (κ1) is 23.7. The van der Waals surface area contributed by atoms with E-state index in [0.717, 1.165) is 13.0 Å². The first-order chi connectivity index (χ1) is 11.8. The van der Waals surface area contributed by atoms with Crippen LogP contribution in [-0.4, -0.2) is 91.0 Å². The summed E-state index contributed by atoms with van der Waals surface area (Å²) < 4.78 is 31.9. The third-order valence-corrected chi connectivity index (χ3v) is 2.94. The van der Waals surface area contributed by atoms with Crippen LogP contribution in [0.3, 0.4) is 0 Å². The summed E-state index contributed by atoms with van der Waals surface area (Å²) in [5, 5.41) is 8.51. The summed E-state index contributed by atoms with van der Waals surface area (Å²) in [5.41, 5.74) is 0. The Hall–Kier alpha value is -0.280. The Balaban J connectivity index is 2.95. The highest BCUT2D eigenvalue weighted by molar-refractivity contribution is 4.42. The monoisotopic (exact) mass is 352 g/mol. The molecule has 0 spiro atoms. The first-order valence-electron chi connectivity index (χ1n) is 8.84. The lowest BCUT2D eigenvalue weighted by molar-refractivity contribution is -0.0184. The van der Waals surface area contributed by atoms with Gasteiger partial charge >= 0.3 is 0 Å². The van der Waals surface area contributed by atoms with Crippen LogP contribution < -0.4 is 0 Å². The van der Waals surface area contributed by atoms with Gasteiger partial charge in [0.05, 0.1) is 79.3 Å². The minimum Gasteiger partial charge on any atom is -0.394 e. The van der Waals surface area contributed by atoms with E-state index in [1.165, 1.54) is 0 Å². The van der Waals surface area contributed by atoms with E-state index in [1.807, 2.05) is 0 Å². The van der Waals surface area contributed by atoms with E-state index in [-0.39, 0.29) is 6.61 Å². The molecule has 0 fully saturated rings. The minimum absolute atomic E-state index is 0.0419. The fourth-order valence-corrected chi connectivity index (χ4v) is 1.59. The molecule has 0 radical (unpaired) electrons. The maximum atomic E-state index is 8.51. The number of hydrogen-bond donors (Lipinski definition) is 1. The van der Waals surface area contributed by atoms with Crippen LogP contribution in [0.1, 0.15) is 20.3 Å². The summed E-state index contributed by atoms with van der Waals surface area (Å²) in [6.45, 7) is 11.1. The Morgan fingerprint density at radius 3 is 1.08 bits per heavy atom. The summed E-state index contributed by atoms with van der Waals surface area (Å²) in [6.07, 6.45) is 1.09. The third kappa shape index (κ3) is 21.7. The smallest absolute Gasteiger partial charge is 0.0701 e. The van der Waals surface area contributed by atoms with Gasteiger partial charge in [-0.2, -0.15) is 0 Å². The van der Waals surface area contributed by atoms with Crippen molar-refractivity contribution in [2.75, 3.05) is 85.9 Å². The van der Waals surface area contributed by atoms with Gasteiger partial charge in [0.1, 0.15) is 0 Å². The SMILES string of the molecule is CC(C)CCOCCOCCOCCOCCOCCOCCO. The molecular formula is C17H36O7. The number of rotatable bonds is 20. The number of aliphatic hydroxyl groups is 1. The zero-order valence-corrected chi connectivity index (χ0v) is 15.4. The molecule has 7 heteroatoms. The van der Waals surface area contributed by atoms with Gasteiger partial charge in [-0.3, -0.25) is 0 Å². The van der Waals surface area contributed by atoms with Crippen molar-refractivity contribution in [2.45, 2.75) is 20.3 Å². The van der Waals surface area contributed by atoms with E-state index in [1.54, 1.807) is 0 Å². The molecule has 146 valence electrons. The van der Waals surface area contributed by atoms with Crippen LogP contribution in [0.25, 0.3) is 0 Å². The molecular weight excluding hydrogens is 316 g/mol. The molecule has 7 nitrogen and oxygen atoms in total. The summed E-state index contributed by atoms with van der Waals surface area (Å²) >= 11 is 0. The van der Waals surface area contributed by atoms with Crippen molar-refractivity contribution >= 4 is 0 Å². The molecule has 0 atom stereocenters. The molecule has 0 aliphatic carbocycles. The zero-order chi connectivity index (χ0) is 17.7. The van der Waals surface area contributed by atoms with Crippen molar-refractivity contribution in [3.8, 4) is 0 Å². The molecule has 1 N–H and O–H groups in total. The average Bonchev–Trinajstić information content (AvgIpc) is 2.56. The van der Waals surface area contributed by atoms with E-state index >= 15 is 0 Å². The molecule has 0 aliphatic rings. The highest BCUT2D eigenvalue weighted by atomic mass is 16.6. The standard InChI is InChI=1S/C17H36O7/c1-17(2)3-5-19-7-9-21-11-13-23-15-16-24-14-12-22-10-8-20-6-4-18/h17-18H,3-16H2,1-2H3. The summed E-state index contributed by atoms with van der Waals surface area (Å²) in [4.78, 5) is 0. The molecule has 0 saturated carbocycles. The topological polar surface area (TPSA) is 75.6 Å². The molecule has 0 bridgehead atoms. The molecule has 0 rings (SSSR count). The fraction of sp³-hybridized carbons (Fsp3) is 1.00. The summed E-state index contributed by atoms with van der Waals surface area (Å²) in [7, 11) is 0. The lowest BCUT2D eigenvalue weighted by atomic mass is 10.1. The maximum absolute atomic E-state index is 8.51. The molecule has 0 heterocycles. The van der Waals surface area contributed by atoms with E-state index in [9.17, 15) is 0 Å². The second-order valence-corrected chi connectivity index (χ2v) is 5.58. The molecule has 0 unspecified atom stereocenters. The van der Waals surface area contributed by atoms with Crippen LogP contribution in [0.4, 0.5) is 0 Å². The van der Waals surface area contributed by atoms with Gasteiger partial charge in [-0.05, 0) is 12.3 Å². The third-order valence-electron chi connectivity index (χ3n) is 2.94. The Morgan fingerprint density at radius 1 is 0.500 bits per heavy atom. The largest absolute Gasteiger partial charge is 0.394 e. The highest BCUT2D eigenvalue weighted by Crippen LogP contribution is 1.98. The van der Waals surface area contributed by atoms with Gasteiger partial charge < -0.3 is 33.5 Å². The molecule has 0 saturated heterocycles. The van der Waals surface area contributed by atoms with Crippen LogP contribution in [0, 0.1) is 5.92 Å². The van der Waals surface area contributed by atoms with Gasteiger partial charge in [-0.25, -0.2) is 0 Å². The number of ether oxygens (including phenoxy) is 6. The first-order valence-corrected chi connectivity index (χ1v) is 8.84. The summed E-state index contributed by atoms with van der Waals surface area (Å²) in [5.74, 6) is 0.680. The van der Waals surface area contributed by atoms with Crippen molar-refractivity contribution in [3.63, 3.8) is 0 Å². The van der Waals surface area contributed by atoms with Gasteiger partial charge in [0.25, 0.3) is 0 Å². The molecule has 0 aromatic rings. The second kappa shape index (κ2) is 20.8. The van der Waals surface area contributed by atoms with Gasteiger partial charge in [-0.15, -0.1) is 0 Å². The van der Waals surface area contributed by atoms with Crippen molar-refractivity contribution in [1.82, 2.24) is 0 Å². The molecule has 0 aliphatic heterocycles. The number of aliphatic hydroxyl groups excluding tert-OH is 1. The van der Waals surface area contributed by atoms with E-state index in [0.29, 0.717) is 78.6 Å². The molecule has 0 amide bonds. The van der Waals surface area contributed by atoms with E-state index < -0.39 is 0 Å². The highest BCUT2D eigenvalue weighted by Gasteiger charge is 1.95. The van der Waals surface area contributed by atoms with Gasteiger partial charge in [0.2, 0.25) is 0 Å². The van der Waals surface area contributed by atoms with E-state index in [4.69, 9.17) is 33.5 Å². The minimum atomic E-state index is 0.0419. The van der Waals surface area contributed by atoms with Crippen LogP contribution in [0.2, 0.25) is 0 Å². The lowest BCUT2D eigenvalue weighted by Gasteiger charge is -2.08. The Kier molecular flexibility index (Phi) is 20.5. The zero-order valence-electron chi connectivity index (χ0n) is 15.4. The molecule has 0 aromatic carbocycles. The van der Waals surface area contributed by atoms with Crippen molar-refractivity contribution in [3.05, 3.63) is 0 Å². The van der Waals surface area contributed by atoms with Gasteiger partial charge in [0.15, 0.2) is 0 Å². The van der Waals surface area contributed by atoms with Crippen molar-refractivity contribution in [1.29, 1.82) is 0 Å². The summed E-state index contributed by atoms with van der Waals surface area (Å²) in [6, 6.07) is 0. The predicted molar refractivity (Wildman–Crippen MR) is 91.5 cm³/mol. The second-order valence-electron chi connectivity index (χ2n) is 5.58. The average molecular weight is 352 g/mol. The Morgan fingerprint density at radius 2 is 0.792 bits per heavy atom. The lowest BCUT2D eigenvalue weighted by Crippen LogP contribution is -2.14. The number of hydrogen-bond acceptors (Lipinski definition) is 7. The predicted octanol–water partition coefficient (Wildman–Crippen LogP) is 1.12. The van der Waals surface area contributed by atoms with Crippen LogP contribution in [-0.2, 0) is 28.4 Å². The van der Waals surface area contributed by atoms with E-state index in [2.05, 4.69) is 13.8 Å². The normalized spacial score (nSPS) is 11.5. The fourth-order valence-electron chi connectivity index (χ4n) is 1.59. The van der Waals surface area contributed by atoms with Gasteiger partial charge in [-0.1, -0.05) is 13.8 Å². The Bertz CT molecular complexity index is 227. The van der Waals surface area contributed by atoms with Crippen LogP contribution in [0.15, 0.2) is 0 Å². The molecule has 0 aromatic heterocycles. The van der Waals surface area contributed by atoms with Crippen molar-refractivity contribution in [2.24, 2.45) is 5.92 Å². The Labute approximate surface area is 146 Å². The molecule has 24 heavy (non-hydrogen) atoms. The van der Waals surface area contributed by atoms with Crippen molar-refractivity contribution < 1.29 is 33.5 Å².